The fraction of sp³-hybridized carbons (Fsp3) is 0.273. The maximum atomic E-state index is 2.56. The van der Waals surface area contributed by atoms with Crippen molar-refractivity contribution in [1.29, 1.82) is 0 Å². The highest BCUT2D eigenvalue weighted by molar-refractivity contribution is 7.60. The first-order valence-electron chi connectivity index (χ1n) is 10.3. The molecular weight excluding hydrogens is 545 g/mol. The number of fused-ring (bicyclic) bond motifs is 11. The summed E-state index contributed by atoms with van der Waals surface area (Å²) in [6, 6.07) is 2.56. The normalized spacial score (nSPS) is 14.1. The molecule has 0 aromatic carbocycles. The summed E-state index contributed by atoms with van der Waals surface area (Å²) in [6.07, 6.45) is 0. The van der Waals surface area contributed by atoms with Crippen LogP contribution in [0.4, 0.5) is 0 Å². The lowest BCUT2D eigenvalue weighted by Crippen LogP contribution is -2.35. The summed E-state index contributed by atoms with van der Waals surface area (Å²) in [4.78, 5) is 0. The first-order chi connectivity index (χ1) is 14.6. The Bertz CT molecular complexity index is 1780. The van der Waals surface area contributed by atoms with Gasteiger partial charge in [-0.1, -0.05) is 39.3 Å². The minimum Gasteiger partial charge on any atom is -0.151 e. The highest BCUT2D eigenvalue weighted by atomic mass is 32.2. The third-order valence-corrected chi connectivity index (χ3v) is 22.0. The molecule has 0 radical (unpaired) electrons. The van der Waals surface area contributed by atoms with Gasteiger partial charge in [-0.05, 0) is 15.9 Å². The summed E-state index contributed by atoms with van der Waals surface area (Å²) in [5, 5.41) is 11.8. The minimum absolute atomic E-state index is 1.28. The molecule has 7 aromatic heterocycles. The van der Waals surface area contributed by atoms with Gasteiger partial charge in [-0.15, -0.1) is 68.0 Å². The molecule has 0 bridgehead atoms. The van der Waals surface area contributed by atoms with Crippen LogP contribution in [0.1, 0.15) is 0 Å². The molecule has 0 aliphatic rings. The van der Waals surface area contributed by atoms with Gasteiger partial charge in [-0.3, -0.25) is 0 Å². The summed E-state index contributed by atoms with van der Waals surface area (Å²) in [6.45, 7) is 14.9. The quantitative estimate of drug-likeness (QED) is 0.183. The van der Waals surface area contributed by atoms with E-state index >= 15 is 0 Å². The maximum Gasteiger partial charge on any atom is 0.0923 e. The predicted octanol–water partition coefficient (Wildman–Crippen LogP) is 10.1. The molecule has 0 amide bonds. The van der Waals surface area contributed by atoms with Crippen molar-refractivity contribution in [1.82, 2.24) is 0 Å². The maximum absolute atomic E-state index is 2.56. The summed E-state index contributed by atoms with van der Waals surface area (Å²) in [5.41, 5.74) is 0. The molecule has 7 heterocycles. The smallest absolute Gasteiger partial charge is 0.0923 e. The van der Waals surface area contributed by atoms with Crippen molar-refractivity contribution in [2.24, 2.45) is 0 Å². The van der Waals surface area contributed by atoms with Crippen molar-refractivity contribution in [3.63, 3.8) is 0 Å². The Hall–Kier alpha value is -0.106. The molecule has 7 aromatic rings. The molecule has 0 saturated carbocycles. The summed E-state index contributed by atoms with van der Waals surface area (Å²) >= 11 is 14.3. The molecule has 0 nitrogen and oxygen atoms in total. The molecule has 0 aliphatic heterocycles. The third-order valence-electron chi connectivity index (χ3n) is 5.91. The van der Waals surface area contributed by atoms with Crippen LogP contribution in [0.15, 0.2) is 11.4 Å². The summed E-state index contributed by atoms with van der Waals surface area (Å²) in [7, 11) is -2.60. The van der Waals surface area contributed by atoms with Gasteiger partial charge in [0.05, 0.1) is 36.2 Å². The van der Waals surface area contributed by atoms with Gasteiger partial charge in [-0.25, -0.2) is 0 Å². The minimum atomic E-state index is -1.31. The average Bonchev–Trinajstić information content (AvgIpc) is 3.39. The molecule has 0 fully saturated rings. The predicted molar refractivity (Wildman–Crippen MR) is 163 cm³/mol. The summed E-state index contributed by atoms with van der Waals surface area (Å²) < 4.78 is 12.6. The van der Waals surface area contributed by atoms with Crippen LogP contribution in [0, 0.1) is 0 Å². The largest absolute Gasteiger partial charge is 0.151 e. The highest BCUT2D eigenvalue weighted by Crippen LogP contribution is 2.56. The monoisotopic (exact) mass is 564 g/mol. The van der Waals surface area contributed by atoms with Gasteiger partial charge in [0, 0.05) is 41.5 Å². The molecule has 0 aliphatic carbocycles. The van der Waals surface area contributed by atoms with E-state index in [1.54, 1.807) is 43.3 Å². The van der Waals surface area contributed by atoms with E-state index in [-0.39, 0.29) is 0 Å². The van der Waals surface area contributed by atoms with E-state index in [1.807, 2.05) is 56.7 Å². The zero-order valence-electron chi connectivity index (χ0n) is 18.0. The van der Waals surface area contributed by atoms with Crippen molar-refractivity contribution >= 4 is 162 Å². The molecule has 0 unspecified atom stereocenters. The van der Waals surface area contributed by atoms with E-state index in [4.69, 9.17) is 0 Å². The van der Waals surface area contributed by atoms with E-state index in [0.29, 0.717) is 0 Å². The van der Waals surface area contributed by atoms with Crippen LogP contribution in [0.3, 0.4) is 0 Å². The lowest BCUT2D eigenvalue weighted by molar-refractivity contribution is 1.79. The van der Waals surface area contributed by atoms with Gasteiger partial charge < -0.3 is 0 Å². The van der Waals surface area contributed by atoms with Crippen molar-refractivity contribution in [2.75, 3.05) is 0 Å². The highest BCUT2D eigenvalue weighted by Gasteiger charge is 2.28. The first kappa shape index (κ1) is 20.3. The zero-order valence-corrected chi connectivity index (χ0v) is 25.7. The van der Waals surface area contributed by atoms with E-state index < -0.39 is 16.1 Å². The van der Waals surface area contributed by atoms with Crippen LogP contribution >= 0.6 is 79.4 Å². The van der Waals surface area contributed by atoms with E-state index in [0.717, 1.165) is 0 Å². The molecule has 9 heteroatoms. The average molecular weight is 565 g/mol. The Morgan fingerprint density at radius 2 is 1.10 bits per heavy atom. The fourth-order valence-corrected chi connectivity index (χ4v) is 19.9. The number of rotatable bonds is 2. The van der Waals surface area contributed by atoms with Crippen molar-refractivity contribution < 1.29 is 0 Å². The van der Waals surface area contributed by atoms with Crippen LogP contribution in [0.25, 0.3) is 57.1 Å². The van der Waals surface area contributed by atoms with Gasteiger partial charge in [0.2, 0.25) is 0 Å². The summed E-state index contributed by atoms with van der Waals surface area (Å²) in [5.74, 6) is 0. The van der Waals surface area contributed by atoms with Crippen LogP contribution in [-0.4, -0.2) is 16.1 Å². The Morgan fingerprint density at radius 3 is 1.71 bits per heavy atom. The molecule has 31 heavy (non-hydrogen) atoms. The van der Waals surface area contributed by atoms with Crippen molar-refractivity contribution in [3.05, 3.63) is 11.4 Å². The standard InChI is InChI=1S/C22H20S7Si2/c1-30(2,3)11-7-9-12-14-15-13-10-8-23-22(31(4,5)6)16(10)25-18(13)27-21(15)29-20(14)28-19(12)26-17(9)24-11/h7-8H,1-6H3. The van der Waals surface area contributed by atoms with Crippen LogP contribution < -0.4 is 9.00 Å². The van der Waals surface area contributed by atoms with Gasteiger partial charge in [0.1, 0.15) is 0 Å². The lowest BCUT2D eigenvalue weighted by Gasteiger charge is -2.12. The molecule has 158 valence electrons. The van der Waals surface area contributed by atoms with E-state index in [9.17, 15) is 0 Å². The topological polar surface area (TPSA) is 0 Å². The SMILES string of the molecule is C[Si](C)(C)c1cc2c(s1)sc1sc3sc4sc5sc6c([Si](C)(C)C)scc6c5c4c3c12. The molecule has 0 atom stereocenters. The Labute approximate surface area is 210 Å². The molecule has 0 N–H and O–H groups in total. The molecular formula is C22H20S7Si2. The van der Waals surface area contributed by atoms with Gasteiger partial charge >= 0.3 is 0 Å². The first-order valence-corrected chi connectivity index (χ1v) is 23.0. The zero-order chi connectivity index (χ0) is 21.4. The molecule has 0 saturated heterocycles. The Balaban J connectivity index is 1.64. The van der Waals surface area contributed by atoms with Gasteiger partial charge in [0.25, 0.3) is 0 Å². The van der Waals surface area contributed by atoms with E-state index in [2.05, 4.69) is 73.4 Å². The van der Waals surface area contributed by atoms with Gasteiger partial charge in [0.15, 0.2) is 0 Å². The van der Waals surface area contributed by atoms with Crippen LogP contribution in [0.2, 0.25) is 39.3 Å². The number of hydrogen-bond acceptors (Lipinski definition) is 7. The van der Waals surface area contributed by atoms with Crippen molar-refractivity contribution in [3.8, 4) is 0 Å². The van der Waals surface area contributed by atoms with Crippen molar-refractivity contribution in [2.45, 2.75) is 39.3 Å². The molecule has 7 rings (SSSR count). The molecule has 0 spiro atoms. The Morgan fingerprint density at radius 1 is 0.548 bits per heavy atom. The Kier molecular flexibility index (Phi) is 4.13. The second-order valence-corrected chi connectivity index (χ2v) is 29.4. The number of hydrogen-bond donors (Lipinski definition) is 0. The fourth-order valence-electron chi connectivity index (χ4n) is 4.40. The number of thiophene rings is 7. The second-order valence-electron chi connectivity index (χ2n) is 10.3. The lowest BCUT2D eigenvalue weighted by atomic mass is 10.1. The van der Waals surface area contributed by atoms with Crippen LogP contribution in [-0.2, 0) is 0 Å². The third kappa shape index (κ3) is 2.70. The van der Waals surface area contributed by atoms with Gasteiger partial charge in [-0.2, -0.15) is 11.3 Å². The van der Waals surface area contributed by atoms with E-state index in [1.165, 1.54) is 22.8 Å². The van der Waals surface area contributed by atoms with Crippen LogP contribution in [0.5, 0.6) is 0 Å². The second kappa shape index (κ2) is 6.31.